The summed E-state index contributed by atoms with van der Waals surface area (Å²) in [7, 11) is -5.13. The van der Waals surface area contributed by atoms with E-state index in [4.69, 9.17) is 27.9 Å². The Morgan fingerprint density at radius 2 is 1.71 bits per heavy atom. The van der Waals surface area contributed by atoms with Crippen molar-refractivity contribution in [2.24, 2.45) is 0 Å². The lowest BCUT2D eigenvalue weighted by Gasteiger charge is -2.46. The van der Waals surface area contributed by atoms with E-state index < -0.39 is 113 Å². The lowest BCUT2D eigenvalue weighted by atomic mass is 9.96. The molecule has 0 amide bonds. The Kier molecular flexibility index (Phi) is 9.16. The van der Waals surface area contributed by atoms with Crippen LogP contribution in [0.1, 0.15) is 5.56 Å². The van der Waals surface area contributed by atoms with E-state index in [-0.39, 0.29) is 10.9 Å². The summed E-state index contributed by atoms with van der Waals surface area (Å²) in [5, 5.41) is 60.7. The highest BCUT2D eigenvalue weighted by atomic mass is 32.2. The minimum absolute atomic E-state index is 0.145. The molecular weight excluding hydrogens is 604 g/mol. The summed E-state index contributed by atoms with van der Waals surface area (Å²) in [5.74, 6) is -6.12. The van der Waals surface area contributed by atoms with Crippen LogP contribution in [0.5, 0.6) is 5.75 Å². The standard InChI is InChI=1S/C22H25F2NO16S/c1-5-2-9(27)38-16-6(5)3-7(23)17(10(16)24)39-22-15(31)14(30)18(19(41-22)20(32)33)40-21-11(25-42(34,35)36)13(29)12(28)8(4-26)37-21/h2-3,8,11-15,18-19,21-22,25-26,28-31H,4H2,1H3,(H,32,33)(H,34,35,36). The number of nitrogens with one attached hydrogen (secondary N) is 1. The minimum Gasteiger partial charge on any atom is -0.479 e. The van der Waals surface area contributed by atoms with Gasteiger partial charge >= 0.3 is 21.9 Å². The van der Waals surface area contributed by atoms with Crippen molar-refractivity contribution in [1.82, 2.24) is 4.72 Å². The summed E-state index contributed by atoms with van der Waals surface area (Å²) in [6.45, 7) is 0.402. The van der Waals surface area contributed by atoms with Crippen LogP contribution in [0, 0.1) is 18.6 Å². The van der Waals surface area contributed by atoms with Crippen molar-refractivity contribution in [3.63, 3.8) is 0 Å². The van der Waals surface area contributed by atoms with Crippen molar-refractivity contribution in [1.29, 1.82) is 0 Å². The first-order valence-electron chi connectivity index (χ1n) is 11.9. The number of carbonyl (C=O) groups is 1. The maximum Gasteiger partial charge on any atom is 0.336 e. The van der Waals surface area contributed by atoms with E-state index in [0.29, 0.717) is 0 Å². The molecule has 3 heterocycles. The van der Waals surface area contributed by atoms with E-state index in [1.54, 1.807) is 0 Å². The number of hydrogen-bond acceptors (Lipinski definition) is 14. The maximum atomic E-state index is 15.1. The molecule has 2 fully saturated rings. The van der Waals surface area contributed by atoms with Gasteiger partial charge in [0.2, 0.25) is 12.1 Å². The van der Waals surface area contributed by atoms with Crippen LogP contribution in [-0.4, -0.2) is 118 Å². The number of halogens is 2. The van der Waals surface area contributed by atoms with Gasteiger partial charge in [0.05, 0.1) is 6.61 Å². The van der Waals surface area contributed by atoms with Crippen LogP contribution in [0.3, 0.4) is 0 Å². The average molecular weight is 629 g/mol. The number of aliphatic hydroxyl groups excluding tert-OH is 5. The van der Waals surface area contributed by atoms with Gasteiger partial charge in [-0.1, -0.05) is 0 Å². The summed E-state index contributed by atoms with van der Waals surface area (Å²) in [5.41, 5.74) is -1.57. The van der Waals surface area contributed by atoms with Gasteiger partial charge in [0, 0.05) is 11.5 Å². The molecule has 10 unspecified atom stereocenters. The first-order valence-corrected chi connectivity index (χ1v) is 13.3. The van der Waals surface area contributed by atoms with Crippen LogP contribution in [-0.2, 0) is 29.3 Å². The molecule has 17 nitrogen and oxygen atoms in total. The fraction of sp³-hybridized carbons (Fsp3) is 0.545. The van der Waals surface area contributed by atoms with Gasteiger partial charge in [-0.2, -0.15) is 17.5 Å². The number of benzene rings is 1. The fourth-order valence-electron chi connectivity index (χ4n) is 4.52. The largest absolute Gasteiger partial charge is 0.479 e. The van der Waals surface area contributed by atoms with Gasteiger partial charge in [-0.05, 0) is 18.6 Å². The van der Waals surface area contributed by atoms with Crippen molar-refractivity contribution in [3.05, 3.63) is 39.8 Å². The molecule has 1 aromatic heterocycles. The lowest BCUT2D eigenvalue weighted by molar-refractivity contribution is -0.331. The smallest absolute Gasteiger partial charge is 0.336 e. The molecule has 0 radical (unpaired) electrons. The molecule has 2 aliphatic rings. The number of carboxylic acids is 1. The summed E-state index contributed by atoms with van der Waals surface area (Å²) < 4.78 is 88.8. The molecule has 0 aliphatic carbocycles. The first-order chi connectivity index (χ1) is 19.5. The monoisotopic (exact) mass is 629 g/mol. The van der Waals surface area contributed by atoms with Crippen molar-refractivity contribution >= 4 is 27.2 Å². The average Bonchev–Trinajstić information content (AvgIpc) is 2.89. The third-order valence-electron chi connectivity index (χ3n) is 6.57. The molecule has 2 saturated heterocycles. The van der Waals surface area contributed by atoms with Crippen LogP contribution >= 0.6 is 0 Å². The molecule has 20 heteroatoms. The molecule has 0 bridgehead atoms. The topological polar surface area (TPSA) is 272 Å². The lowest BCUT2D eigenvalue weighted by Crippen LogP contribution is -2.68. The highest BCUT2D eigenvalue weighted by Gasteiger charge is 2.54. The van der Waals surface area contributed by atoms with Gasteiger partial charge in [0.25, 0.3) is 0 Å². The van der Waals surface area contributed by atoms with Crippen LogP contribution in [0.4, 0.5) is 8.78 Å². The molecular formula is C22H25F2NO16S. The van der Waals surface area contributed by atoms with E-state index in [0.717, 1.165) is 12.1 Å². The zero-order valence-electron chi connectivity index (χ0n) is 21.1. The Morgan fingerprint density at radius 1 is 1.05 bits per heavy atom. The molecule has 8 N–H and O–H groups in total. The van der Waals surface area contributed by atoms with Crippen LogP contribution in [0.2, 0.25) is 0 Å². The van der Waals surface area contributed by atoms with Gasteiger partial charge in [0.15, 0.2) is 29.5 Å². The Morgan fingerprint density at radius 3 is 2.31 bits per heavy atom. The van der Waals surface area contributed by atoms with Gasteiger partial charge in [-0.3, -0.25) is 4.55 Å². The van der Waals surface area contributed by atoms with Gasteiger partial charge < -0.3 is 54.0 Å². The summed E-state index contributed by atoms with van der Waals surface area (Å²) in [4.78, 5) is 23.7. The summed E-state index contributed by atoms with van der Waals surface area (Å²) >= 11 is 0. The van der Waals surface area contributed by atoms with E-state index in [9.17, 15) is 53.0 Å². The number of ether oxygens (including phenoxy) is 4. The van der Waals surface area contributed by atoms with Gasteiger partial charge in [-0.25, -0.2) is 14.0 Å². The predicted octanol–water partition coefficient (Wildman–Crippen LogP) is -3.13. The highest BCUT2D eigenvalue weighted by molar-refractivity contribution is 7.83. The zero-order valence-corrected chi connectivity index (χ0v) is 21.9. The first kappa shape index (κ1) is 32.0. The van der Waals surface area contributed by atoms with Gasteiger partial charge in [0.1, 0.15) is 42.7 Å². The third kappa shape index (κ3) is 6.23. The van der Waals surface area contributed by atoms with Crippen molar-refractivity contribution in [3.8, 4) is 5.75 Å². The number of aliphatic hydroxyl groups is 5. The molecule has 42 heavy (non-hydrogen) atoms. The second-order valence-electron chi connectivity index (χ2n) is 9.42. The van der Waals surface area contributed by atoms with E-state index in [1.807, 2.05) is 0 Å². The van der Waals surface area contributed by atoms with Crippen molar-refractivity contribution in [2.75, 3.05) is 6.61 Å². The minimum atomic E-state index is -5.13. The second-order valence-corrected chi connectivity index (χ2v) is 10.6. The number of carboxylic acid groups (broad SMARTS) is 1. The summed E-state index contributed by atoms with van der Waals surface area (Å²) in [6.07, 6.45) is -19.4. The molecule has 2 aliphatic heterocycles. The number of hydrogen-bond donors (Lipinski definition) is 8. The third-order valence-corrected chi connectivity index (χ3v) is 7.14. The molecule has 2 aromatic rings. The fourth-order valence-corrected chi connectivity index (χ4v) is 5.12. The van der Waals surface area contributed by atoms with Crippen molar-refractivity contribution in [2.45, 2.75) is 68.3 Å². The Labute approximate surface area is 233 Å². The van der Waals surface area contributed by atoms with E-state index >= 15 is 4.39 Å². The van der Waals surface area contributed by atoms with E-state index in [1.165, 1.54) is 11.6 Å². The number of aryl methyl sites for hydroxylation is 1. The summed E-state index contributed by atoms with van der Waals surface area (Å²) in [6, 6.07) is -0.360. The van der Waals surface area contributed by atoms with E-state index in [2.05, 4.69) is 0 Å². The quantitative estimate of drug-likeness (QED) is 0.106. The SMILES string of the molecule is Cc1cc(=O)oc2c(F)c(OC3OC(C(=O)O)C(OC4OC(CO)C(O)C(O)C4NS(=O)(=O)O)C(O)C3O)c(F)cc12. The number of rotatable bonds is 8. The predicted molar refractivity (Wildman–Crippen MR) is 127 cm³/mol. The Bertz CT molecular complexity index is 1500. The Balaban J connectivity index is 1.64. The van der Waals surface area contributed by atoms with Gasteiger partial charge in [-0.15, -0.1) is 0 Å². The van der Waals surface area contributed by atoms with Crippen LogP contribution < -0.4 is 15.1 Å². The Hall–Kier alpha value is -2.89. The normalized spacial score (nSPS) is 33.9. The molecule has 1 aromatic carbocycles. The van der Waals surface area contributed by atoms with Crippen molar-refractivity contribution < 1.29 is 80.5 Å². The molecule has 4 rings (SSSR count). The second kappa shape index (κ2) is 12.0. The molecule has 0 spiro atoms. The molecule has 234 valence electrons. The number of fused-ring (bicyclic) bond motifs is 1. The zero-order chi connectivity index (χ0) is 31.3. The van der Waals surface area contributed by atoms with Crippen LogP contribution in [0.15, 0.2) is 21.3 Å². The molecule has 10 atom stereocenters. The number of aliphatic carboxylic acids is 1. The van der Waals surface area contributed by atoms with Crippen LogP contribution in [0.25, 0.3) is 11.0 Å². The highest BCUT2D eigenvalue weighted by Crippen LogP contribution is 2.35. The maximum absolute atomic E-state index is 15.1. The molecule has 0 saturated carbocycles.